The Morgan fingerprint density at radius 1 is 1.14 bits per heavy atom. The van der Waals surface area contributed by atoms with Crippen LogP contribution in [0.4, 0.5) is 5.69 Å². The number of hydrogen-bond donors (Lipinski definition) is 2. The smallest absolute Gasteiger partial charge is 0.255 e. The second kappa shape index (κ2) is 5.14. The van der Waals surface area contributed by atoms with E-state index in [0.29, 0.717) is 16.8 Å². The van der Waals surface area contributed by atoms with Gasteiger partial charge in [-0.25, -0.2) is 0 Å². The van der Waals surface area contributed by atoms with Gasteiger partial charge < -0.3 is 10.3 Å². The van der Waals surface area contributed by atoms with Crippen LogP contribution in [-0.4, -0.2) is 10.9 Å². The summed E-state index contributed by atoms with van der Waals surface area (Å²) in [5.74, 6) is -0.166. The second-order valence-electron chi connectivity index (χ2n) is 4.90. The van der Waals surface area contributed by atoms with E-state index in [0.717, 1.165) is 16.6 Å². The maximum Gasteiger partial charge on any atom is 0.255 e. The molecule has 0 aliphatic rings. The molecule has 1 aromatic heterocycles. The number of carbonyl (C=O) groups excluding carboxylic acids is 1. The molecule has 0 aliphatic heterocycles. The molecular formula is C17H13N3O. The van der Waals surface area contributed by atoms with Gasteiger partial charge in [0.2, 0.25) is 0 Å². The van der Waals surface area contributed by atoms with Crippen molar-refractivity contribution in [2.45, 2.75) is 6.92 Å². The van der Waals surface area contributed by atoms with E-state index >= 15 is 0 Å². The van der Waals surface area contributed by atoms with Crippen LogP contribution < -0.4 is 5.32 Å². The molecule has 102 valence electrons. The van der Waals surface area contributed by atoms with Crippen molar-refractivity contribution < 1.29 is 4.79 Å². The quantitative estimate of drug-likeness (QED) is 0.750. The molecule has 1 amide bonds. The normalized spacial score (nSPS) is 10.3. The molecule has 3 aromatic rings. The highest BCUT2D eigenvalue weighted by atomic mass is 16.1. The van der Waals surface area contributed by atoms with E-state index < -0.39 is 0 Å². The highest BCUT2D eigenvalue weighted by Crippen LogP contribution is 2.18. The summed E-state index contributed by atoms with van der Waals surface area (Å²) >= 11 is 0. The number of aryl methyl sites for hydroxylation is 1. The third-order valence-electron chi connectivity index (χ3n) is 3.29. The Morgan fingerprint density at radius 3 is 2.62 bits per heavy atom. The van der Waals surface area contributed by atoms with Crippen molar-refractivity contribution >= 4 is 22.5 Å². The molecule has 3 rings (SSSR count). The van der Waals surface area contributed by atoms with Gasteiger partial charge in [-0.3, -0.25) is 4.79 Å². The van der Waals surface area contributed by atoms with Crippen LogP contribution in [0.5, 0.6) is 0 Å². The number of aromatic nitrogens is 1. The van der Waals surface area contributed by atoms with Crippen LogP contribution in [0.1, 0.15) is 21.6 Å². The Hall–Kier alpha value is -3.06. The third-order valence-corrected chi connectivity index (χ3v) is 3.29. The zero-order valence-corrected chi connectivity index (χ0v) is 11.5. The summed E-state index contributed by atoms with van der Waals surface area (Å²) in [4.78, 5) is 15.5. The molecular weight excluding hydrogens is 262 g/mol. The maximum atomic E-state index is 12.2. The monoisotopic (exact) mass is 275 g/mol. The van der Waals surface area contributed by atoms with Crippen molar-refractivity contribution in [2.75, 3.05) is 5.32 Å². The minimum atomic E-state index is -0.166. The van der Waals surface area contributed by atoms with E-state index in [1.165, 1.54) is 0 Å². The molecule has 2 aromatic carbocycles. The van der Waals surface area contributed by atoms with Crippen LogP contribution in [0.25, 0.3) is 10.9 Å². The van der Waals surface area contributed by atoms with Crippen LogP contribution in [0.3, 0.4) is 0 Å². The summed E-state index contributed by atoms with van der Waals surface area (Å²) in [5, 5.41) is 12.6. The van der Waals surface area contributed by atoms with Crippen LogP contribution in [0.2, 0.25) is 0 Å². The summed E-state index contributed by atoms with van der Waals surface area (Å²) < 4.78 is 0. The number of amides is 1. The lowest BCUT2D eigenvalue weighted by Crippen LogP contribution is -2.11. The average molecular weight is 275 g/mol. The summed E-state index contributed by atoms with van der Waals surface area (Å²) in [7, 11) is 0. The van der Waals surface area contributed by atoms with Crippen molar-refractivity contribution in [3.05, 3.63) is 65.4 Å². The molecule has 0 saturated heterocycles. The summed E-state index contributed by atoms with van der Waals surface area (Å²) in [6.45, 7) is 1.98. The van der Waals surface area contributed by atoms with E-state index in [1.807, 2.05) is 31.2 Å². The fraction of sp³-hybridized carbons (Fsp3) is 0.0588. The molecule has 4 heteroatoms. The van der Waals surface area contributed by atoms with Crippen LogP contribution in [0.15, 0.2) is 48.5 Å². The Balaban J connectivity index is 1.84. The highest BCUT2D eigenvalue weighted by molar-refractivity contribution is 6.06. The molecule has 1 heterocycles. The Bertz CT molecular complexity index is 854. The molecule has 21 heavy (non-hydrogen) atoms. The predicted octanol–water partition coefficient (Wildman–Crippen LogP) is 3.60. The van der Waals surface area contributed by atoms with Gasteiger partial charge in [0.25, 0.3) is 5.91 Å². The number of nitriles is 1. The van der Waals surface area contributed by atoms with E-state index in [4.69, 9.17) is 5.26 Å². The molecule has 0 saturated carbocycles. The first-order chi connectivity index (χ1) is 10.2. The predicted molar refractivity (Wildman–Crippen MR) is 82.1 cm³/mol. The van der Waals surface area contributed by atoms with E-state index in [1.54, 1.807) is 30.3 Å². The van der Waals surface area contributed by atoms with Gasteiger partial charge in [0, 0.05) is 27.8 Å². The van der Waals surface area contributed by atoms with Crippen LogP contribution in [-0.2, 0) is 0 Å². The van der Waals surface area contributed by atoms with Crippen molar-refractivity contribution in [3.8, 4) is 6.07 Å². The fourth-order valence-corrected chi connectivity index (χ4v) is 2.25. The molecule has 0 aliphatic carbocycles. The van der Waals surface area contributed by atoms with Gasteiger partial charge in [0.15, 0.2) is 0 Å². The van der Waals surface area contributed by atoms with Crippen molar-refractivity contribution in [1.29, 1.82) is 5.26 Å². The topological polar surface area (TPSA) is 68.7 Å². The zero-order chi connectivity index (χ0) is 14.8. The fourth-order valence-electron chi connectivity index (χ4n) is 2.25. The molecule has 4 nitrogen and oxygen atoms in total. The number of hydrogen-bond acceptors (Lipinski definition) is 2. The first kappa shape index (κ1) is 12.9. The van der Waals surface area contributed by atoms with Gasteiger partial charge in [-0.05, 0) is 55.5 Å². The minimum absolute atomic E-state index is 0.166. The molecule has 0 fully saturated rings. The molecule has 0 spiro atoms. The van der Waals surface area contributed by atoms with Crippen LogP contribution in [0, 0.1) is 18.3 Å². The summed E-state index contributed by atoms with van der Waals surface area (Å²) in [6, 6.07) is 16.4. The standard InChI is InChI=1S/C17H13N3O/c1-11-8-14-9-13(4-7-16(14)19-11)17(21)20-15-5-2-12(10-18)3-6-15/h2-9,19H,1H3,(H,20,21). The maximum absolute atomic E-state index is 12.2. The van der Waals surface area contributed by atoms with E-state index in [2.05, 4.69) is 10.3 Å². The Kier molecular flexibility index (Phi) is 3.17. The van der Waals surface area contributed by atoms with Crippen molar-refractivity contribution in [3.63, 3.8) is 0 Å². The third kappa shape index (κ3) is 2.63. The number of aromatic amines is 1. The molecule has 0 radical (unpaired) electrons. The first-order valence-corrected chi connectivity index (χ1v) is 6.56. The number of nitrogens with one attached hydrogen (secondary N) is 2. The van der Waals surface area contributed by atoms with Gasteiger partial charge in [-0.2, -0.15) is 5.26 Å². The van der Waals surface area contributed by atoms with Crippen molar-refractivity contribution in [1.82, 2.24) is 4.98 Å². The van der Waals surface area contributed by atoms with Gasteiger partial charge in [-0.15, -0.1) is 0 Å². The molecule has 0 atom stereocenters. The molecule has 2 N–H and O–H groups in total. The average Bonchev–Trinajstić information content (AvgIpc) is 2.87. The van der Waals surface area contributed by atoms with Crippen LogP contribution >= 0.6 is 0 Å². The highest BCUT2D eigenvalue weighted by Gasteiger charge is 2.08. The van der Waals surface area contributed by atoms with Gasteiger partial charge >= 0.3 is 0 Å². The number of benzene rings is 2. The number of carbonyl (C=O) groups is 1. The number of H-pyrrole nitrogens is 1. The van der Waals surface area contributed by atoms with Gasteiger partial charge in [-0.1, -0.05) is 0 Å². The van der Waals surface area contributed by atoms with E-state index in [-0.39, 0.29) is 5.91 Å². The van der Waals surface area contributed by atoms with E-state index in [9.17, 15) is 4.79 Å². The zero-order valence-electron chi connectivity index (χ0n) is 11.5. The number of anilines is 1. The van der Waals surface area contributed by atoms with Crippen molar-refractivity contribution in [2.24, 2.45) is 0 Å². The lowest BCUT2D eigenvalue weighted by molar-refractivity contribution is 0.102. The first-order valence-electron chi connectivity index (χ1n) is 6.56. The second-order valence-corrected chi connectivity index (χ2v) is 4.90. The Labute approximate surface area is 122 Å². The number of rotatable bonds is 2. The molecule has 0 unspecified atom stereocenters. The molecule has 0 bridgehead atoms. The number of nitrogens with zero attached hydrogens (tertiary/aromatic N) is 1. The lowest BCUT2D eigenvalue weighted by atomic mass is 10.1. The lowest BCUT2D eigenvalue weighted by Gasteiger charge is -2.05. The Morgan fingerprint density at radius 2 is 1.90 bits per heavy atom. The van der Waals surface area contributed by atoms with Gasteiger partial charge in [0.1, 0.15) is 0 Å². The SMILES string of the molecule is Cc1cc2cc(C(=O)Nc3ccc(C#N)cc3)ccc2[nH]1. The minimum Gasteiger partial charge on any atom is -0.359 e. The summed E-state index contributed by atoms with van der Waals surface area (Å²) in [6.07, 6.45) is 0. The van der Waals surface area contributed by atoms with Gasteiger partial charge in [0.05, 0.1) is 11.6 Å². The number of fused-ring (bicyclic) bond motifs is 1. The summed E-state index contributed by atoms with van der Waals surface area (Å²) in [5.41, 5.74) is 3.92. The largest absolute Gasteiger partial charge is 0.359 e.